The molecule has 1 fully saturated rings. The number of aryl methyl sites for hydroxylation is 1. The number of nitrogens with zero attached hydrogens (tertiary/aromatic N) is 1. The highest BCUT2D eigenvalue weighted by Gasteiger charge is 2.35. The Kier molecular flexibility index (Phi) is 6.92. The number of ether oxygens (including phenoxy) is 1. The van der Waals surface area contributed by atoms with E-state index in [0.717, 1.165) is 12.0 Å². The first kappa shape index (κ1) is 21.7. The monoisotopic (exact) mass is 397 g/mol. The van der Waals surface area contributed by atoms with Gasteiger partial charge in [0, 0.05) is 12.6 Å². The fourth-order valence-corrected chi connectivity index (χ4v) is 4.17. The third-order valence-corrected chi connectivity index (χ3v) is 5.81. The van der Waals surface area contributed by atoms with Gasteiger partial charge in [-0.2, -0.15) is 8.42 Å². The van der Waals surface area contributed by atoms with Gasteiger partial charge in [0.1, 0.15) is 5.60 Å². The second-order valence-corrected chi connectivity index (χ2v) is 9.97. The molecule has 1 aliphatic heterocycles. The Morgan fingerprint density at radius 1 is 1.22 bits per heavy atom. The number of carbonyl (C=O) groups is 1. The normalized spacial score (nSPS) is 20.7. The lowest BCUT2D eigenvalue weighted by molar-refractivity contribution is 0.0212. The standard InChI is InChI=1S/C20H31NO5S/c1-15-8-10-18(11-9-15)27(23,24)25-12-6-7-17-13-16(2)14-21(17)19(22)26-20(3,4)5/h8-11,16-17H,6-7,12-14H2,1-5H3/t16-,17-/m1/s1. The van der Waals surface area contributed by atoms with E-state index in [4.69, 9.17) is 8.92 Å². The maximum absolute atomic E-state index is 12.4. The van der Waals surface area contributed by atoms with Crippen LogP contribution in [0.5, 0.6) is 0 Å². The topological polar surface area (TPSA) is 72.9 Å². The van der Waals surface area contributed by atoms with E-state index in [-0.39, 0.29) is 23.6 Å². The summed E-state index contributed by atoms with van der Waals surface area (Å²) in [6, 6.07) is 6.64. The number of carbonyl (C=O) groups excluding carboxylic acids is 1. The third kappa shape index (κ3) is 6.50. The van der Waals surface area contributed by atoms with E-state index in [1.165, 1.54) is 0 Å². The highest BCUT2D eigenvalue weighted by Crippen LogP contribution is 2.28. The Labute approximate surface area is 163 Å². The van der Waals surface area contributed by atoms with Crippen molar-refractivity contribution in [2.24, 2.45) is 5.92 Å². The first-order valence-electron chi connectivity index (χ1n) is 9.43. The Hall–Kier alpha value is -1.60. The zero-order chi connectivity index (χ0) is 20.2. The van der Waals surface area contributed by atoms with Crippen molar-refractivity contribution < 1.29 is 22.1 Å². The summed E-state index contributed by atoms with van der Waals surface area (Å²) in [4.78, 5) is 14.3. The molecule has 0 aromatic heterocycles. The zero-order valence-corrected chi connectivity index (χ0v) is 17.7. The molecule has 1 amide bonds. The van der Waals surface area contributed by atoms with Crippen molar-refractivity contribution >= 4 is 16.2 Å². The number of likely N-dealkylation sites (tertiary alicyclic amines) is 1. The maximum atomic E-state index is 12.4. The first-order valence-corrected chi connectivity index (χ1v) is 10.8. The predicted molar refractivity (Wildman–Crippen MR) is 104 cm³/mol. The van der Waals surface area contributed by atoms with Gasteiger partial charge in [-0.3, -0.25) is 4.18 Å². The number of hydrogen-bond donors (Lipinski definition) is 0. The second-order valence-electron chi connectivity index (χ2n) is 8.36. The molecule has 0 N–H and O–H groups in total. The van der Waals surface area contributed by atoms with Crippen molar-refractivity contribution in [2.45, 2.75) is 70.4 Å². The maximum Gasteiger partial charge on any atom is 0.410 e. The molecule has 0 bridgehead atoms. The van der Waals surface area contributed by atoms with Crippen LogP contribution in [0, 0.1) is 12.8 Å². The SMILES string of the molecule is Cc1ccc(S(=O)(=O)OCCC[C@@H]2C[C@@H](C)CN2C(=O)OC(C)(C)C)cc1. The summed E-state index contributed by atoms with van der Waals surface area (Å²) >= 11 is 0. The van der Waals surface area contributed by atoms with Crippen molar-refractivity contribution in [3.63, 3.8) is 0 Å². The van der Waals surface area contributed by atoms with E-state index in [1.54, 1.807) is 29.2 Å². The number of hydrogen-bond acceptors (Lipinski definition) is 5. The molecule has 1 aromatic carbocycles. The van der Waals surface area contributed by atoms with Gasteiger partial charge in [-0.15, -0.1) is 0 Å². The summed E-state index contributed by atoms with van der Waals surface area (Å²) in [7, 11) is -3.74. The molecule has 0 spiro atoms. The molecule has 1 heterocycles. The van der Waals surface area contributed by atoms with Gasteiger partial charge >= 0.3 is 6.09 Å². The quantitative estimate of drug-likeness (QED) is 0.533. The van der Waals surface area contributed by atoms with Crippen molar-refractivity contribution in [2.75, 3.05) is 13.2 Å². The van der Waals surface area contributed by atoms with Crippen LogP contribution in [0.1, 0.15) is 52.5 Å². The molecule has 1 aliphatic rings. The average Bonchev–Trinajstić information content (AvgIpc) is 2.91. The Morgan fingerprint density at radius 3 is 2.44 bits per heavy atom. The van der Waals surface area contributed by atoms with E-state index in [2.05, 4.69) is 6.92 Å². The molecule has 6 nitrogen and oxygen atoms in total. The fourth-order valence-electron chi connectivity index (χ4n) is 3.23. The summed E-state index contributed by atoms with van der Waals surface area (Å²) in [5.41, 5.74) is 0.463. The molecular formula is C20H31NO5S. The summed E-state index contributed by atoms with van der Waals surface area (Å²) in [6.45, 7) is 10.3. The molecule has 0 unspecified atom stereocenters. The molecule has 7 heteroatoms. The van der Waals surface area contributed by atoms with Crippen LogP contribution < -0.4 is 0 Å². The second kappa shape index (κ2) is 8.61. The van der Waals surface area contributed by atoms with Crippen molar-refractivity contribution in [3.05, 3.63) is 29.8 Å². The van der Waals surface area contributed by atoms with Crippen molar-refractivity contribution in [1.29, 1.82) is 0 Å². The molecule has 0 radical (unpaired) electrons. The van der Waals surface area contributed by atoms with Crippen LogP contribution in [-0.4, -0.2) is 44.2 Å². The highest BCUT2D eigenvalue weighted by atomic mass is 32.2. The average molecular weight is 398 g/mol. The molecule has 152 valence electrons. The van der Waals surface area contributed by atoms with Crippen LogP contribution in [0.4, 0.5) is 4.79 Å². The lowest BCUT2D eigenvalue weighted by Crippen LogP contribution is -2.40. The highest BCUT2D eigenvalue weighted by molar-refractivity contribution is 7.86. The van der Waals surface area contributed by atoms with Crippen LogP contribution in [0.15, 0.2) is 29.2 Å². The third-order valence-electron chi connectivity index (χ3n) is 4.48. The summed E-state index contributed by atoms with van der Waals surface area (Å²) in [5, 5.41) is 0. The summed E-state index contributed by atoms with van der Waals surface area (Å²) < 4.78 is 35.1. The lowest BCUT2D eigenvalue weighted by atomic mass is 10.0. The van der Waals surface area contributed by atoms with Gasteiger partial charge in [0.25, 0.3) is 10.1 Å². The minimum absolute atomic E-state index is 0.0560. The molecule has 2 atom stereocenters. The first-order chi connectivity index (χ1) is 12.5. The van der Waals surface area contributed by atoms with Gasteiger partial charge in [-0.1, -0.05) is 24.6 Å². The van der Waals surface area contributed by atoms with E-state index in [0.29, 0.717) is 25.3 Å². The summed E-state index contributed by atoms with van der Waals surface area (Å²) in [6.07, 6.45) is 1.84. The van der Waals surface area contributed by atoms with Gasteiger partial charge < -0.3 is 9.64 Å². The van der Waals surface area contributed by atoms with Crippen LogP contribution in [-0.2, 0) is 19.0 Å². The van der Waals surface area contributed by atoms with Gasteiger partial charge in [0.15, 0.2) is 0 Å². The molecule has 2 rings (SSSR count). The van der Waals surface area contributed by atoms with Crippen molar-refractivity contribution in [3.8, 4) is 0 Å². The van der Waals surface area contributed by atoms with Gasteiger partial charge in [-0.05, 0) is 65.0 Å². The Morgan fingerprint density at radius 2 is 1.85 bits per heavy atom. The zero-order valence-electron chi connectivity index (χ0n) is 16.9. The van der Waals surface area contributed by atoms with Crippen LogP contribution in [0.25, 0.3) is 0 Å². The number of amides is 1. The molecule has 1 saturated heterocycles. The smallest absolute Gasteiger partial charge is 0.410 e. The number of benzene rings is 1. The van der Waals surface area contributed by atoms with E-state index in [1.807, 2.05) is 27.7 Å². The Bertz CT molecular complexity index is 737. The largest absolute Gasteiger partial charge is 0.444 e. The minimum atomic E-state index is -3.74. The van der Waals surface area contributed by atoms with Crippen LogP contribution >= 0.6 is 0 Å². The molecule has 1 aromatic rings. The van der Waals surface area contributed by atoms with Gasteiger partial charge in [0.2, 0.25) is 0 Å². The van der Waals surface area contributed by atoms with Gasteiger partial charge in [-0.25, -0.2) is 4.79 Å². The van der Waals surface area contributed by atoms with E-state index >= 15 is 0 Å². The van der Waals surface area contributed by atoms with E-state index in [9.17, 15) is 13.2 Å². The Balaban J connectivity index is 1.86. The van der Waals surface area contributed by atoms with Crippen LogP contribution in [0.3, 0.4) is 0 Å². The minimum Gasteiger partial charge on any atom is -0.444 e. The van der Waals surface area contributed by atoms with E-state index < -0.39 is 15.7 Å². The molecule has 0 saturated carbocycles. The molecular weight excluding hydrogens is 366 g/mol. The van der Waals surface area contributed by atoms with Gasteiger partial charge in [0.05, 0.1) is 11.5 Å². The molecule has 0 aliphatic carbocycles. The van der Waals surface area contributed by atoms with Crippen LogP contribution in [0.2, 0.25) is 0 Å². The fraction of sp³-hybridized carbons (Fsp3) is 0.650. The van der Waals surface area contributed by atoms with Crippen molar-refractivity contribution in [1.82, 2.24) is 4.90 Å². The summed E-state index contributed by atoms with van der Waals surface area (Å²) in [5.74, 6) is 0.403. The lowest BCUT2D eigenvalue weighted by Gasteiger charge is -2.28. The number of rotatable bonds is 6. The predicted octanol–water partition coefficient (Wildman–Crippen LogP) is 4.13. The molecule has 27 heavy (non-hydrogen) atoms.